The Morgan fingerprint density at radius 3 is 2.95 bits per heavy atom. The van der Waals surface area contributed by atoms with Crippen molar-refractivity contribution >= 4 is 17.7 Å². The number of carboxylic acid groups (broad SMARTS) is 1. The van der Waals surface area contributed by atoms with Crippen molar-refractivity contribution in [1.82, 2.24) is 15.0 Å². The average Bonchev–Trinajstić information content (AvgIpc) is 2.89. The lowest BCUT2D eigenvalue weighted by Gasteiger charge is -2.08. The maximum atomic E-state index is 11.3. The van der Waals surface area contributed by atoms with Crippen LogP contribution in [0.5, 0.6) is 5.75 Å². The largest absolute Gasteiger partial charge is 0.497 e. The summed E-state index contributed by atoms with van der Waals surface area (Å²) in [5.41, 5.74) is 1.19. The molecule has 0 radical (unpaired) electrons. The van der Waals surface area contributed by atoms with E-state index in [0.29, 0.717) is 18.0 Å². The number of aromatic carboxylic acids is 1. The Labute approximate surface area is 120 Å². The van der Waals surface area contributed by atoms with Gasteiger partial charge in [-0.2, -0.15) is 11.8 Å². The Morgan fingerprint density at radius 1 is 1.50 bits per heavy atom. The number of methoxy groups -OCH3 is 1. The third-order valence-electron chi connectivity index (χ3n) is 2.79. The van der Waals surface area contributed by atoms with Crippen LogP contribution in [0.1, 0.15) is 10.5 Å². The molecule has 0 bridgehead atoms. The minimum Gasteiger partial charge on any atom is -0.497 e. The number of aromatic nitrogens is 3. The lowest BCUT2D eigenvalue weighted by molar-refractivity contribution is 0.0691. The predicted molar refractivity (Wildman–Crippen MR) is 77.4 cm³/mol. The molecule has 0 aliphatic carbocycles. The van der Waals surface area contributed by atoms with Gasteiger partial charge in [-0.3, -0.25) is 0 Å². The van der Waals surface area contributed by atoms with E-state index in [2.05, 4.69) is 10.3 Å². The van der Waals surface area contributed by atoms with Gasteiger partial charge in [0.2, 0.25) is 0 Å². The van der Waals surface area contributed by atoms with Gasteiger partial charge in [-0.25, -0.2) is 9.48 Å². The molecule has 1 aromatic carbocycles. The first-order chi connectivity index (χ1) is 9.67. The second-order valence-corrected chi connectivity index (χ2v) is 5.03. The van der Waals surface area contributed by atoms with Gasteiger partial charge in [0, 0.05) is 11.3 Å². The van der Waals surface area contributed by atoms with E-state index in [1.165, 1.54) is 0 Å². The Morgan fingerprint density at radius 2 is 2.30 bits per heavy atom. The maximum absolute atomic E-state index is 11.3. The van der Waals surface area contributed by atoms with E-state index in [1.807, 2.05) is 18.4 Å². The van der Waals surface area contributed by atoms with E-state index < -0.39 is 5.97 Å². The van der Waals surface area contributed by atoms with E-state index in [-0.39, 0.29) is 5.69 Å². The molecular weight excluding hydrogens is 278 g/mol. The summed E-state index contributed by atoms with van der Waals surface area (Å²) in [6, 6.07) is 7.22. The summed E-state index contributed by atoms with van der Waals surface area (Å²) in [6.07, 6.45) is 1.99. The first kappa shape index (κ1) is 14.4. The molecule has 0 atom stereocenters. The highest BCUT2D eigenvalue weighted by molar-refractivity contribution is 7.98. The second-order valence-electron chi connectivity index (χ2n) is 4.04. The molecule has 2 rings (SSSR count). The lowest BCUT2D eigenvalue weighted by atomic mass is 10.1. The molecule has 0 amide bonds. The molecule has 1 heterocycles. The zero-order valence-electron chi connectivity index (χ0n) is 11.2. The van der Waals surface area contributed by atoms with Gasteiger partial charge in [0.15, 0.2) is 5.69 Å². The van der Waals surface area contributed by atoms with Gasteiger partial charge in [0.1, 0.15) is 11.4 Å². The standard InChI is InChI=1S/C13H15N3O3S/c1-19-10-5-3-4-9(8-10)12-11(13(17)18)14-15-16(12)6-7-20-2/h3-5,8H,6-7H2,1-2H3,(H,17,18). The highest BCUT2D eigenvalue weighted by Gasteiger charge is 2.20. The highest BCUT2D eigenvalue weighted by atomic mass is 32.2. The summed E-state index contributed by atoms with van der Waals surface area (Å²) in [5, 5.41) is 16.9. The van der Waals surface area contributed by atoms with Crippen LogP contribution in [0.3, 0.4) is 0 Å². The number of ether oxygens (including phenoxy) is 1. The van der Waals surface area contributed by atoms with Gasteiger partial charge in [0.05, 0.1) is 13.7 Å². The van der Waals surface area contributed by atoms with Gasteiger partial charge < -0.3 is 9.84 Å². The molecule has 0 fully saturated rings. The van der Waals surface area contributed by atoms with E-state index in [1.54, 1.807) is 35.7 Å². The van der Waals surface area contributed by atoms with Gasteiger partial charge in [-0.15, -0.1) is 5.10 Å². The summed E-state index contributed by atoms with van der Waals surface area (Å²) in [6.45, 7) is 0.605. The quantitative estimate of drug-likeness (QED) is 0.878. The summed E-state index contributed by atoms with van der Waals surface area (Å²) < 4.78 is 6.79. The number of hydrogen-bond acceptors (Lipinski definition) is 5. The number of benzene rings is 1. The zero-order valence-corrected chi connectivity index (χ0v) is 12.1. The van der Waals surface area contributed by atoms with Crippen LogP contribution in [-0.4, -0.2) is 45.2 Å². The van der Waals surface area contributed by atoms with Gasteiger partial charge in [-0.1, -0.05) is 17.3 Å². The molecule has 6 nitrogen and oxygen atoms in total. The Kier molecular flexibility index (Phi) is 4.62. The molecule has 1 N–H and O–H groups in total. The van der Waals surface area contributed by atoms with Crippen molar-refractivity contribution in [3.8, 4) is 17.0 Å². The highest BCUT2D eigenvalue weighted by Crippen LogP contribution is 2.26. The van der Waals surface area contributed by atoms with E-state index in [9.17, 15) is 9.90 Å². The summed E-state index contributed by atoms with van der Waals surface area (Å²) >= 11 is 1.66. The van der Waals surface area contributed by atoms with Gasteiger partial charge in [-0.05, 0) is 18.4 Å². The van der Waals surface area contributed by atoms with Gasteiger partial charge in [0.25, 0.3) is 0 Å². The fraction of sp³-hybridized carbons (Fsp3) is 0.308. The first-order valence-electron chi connectivity index (χ1n) is 5.97. The molecule has 106 valence electrons. The van der Waals surface area contributed by atoms with E-state index in [4.69, 9.17) is 4.74 Å². The fourth-order valence-electron chi connectivity index (χ4n) is 1.85. The Hall–Kier alpha value is -2.02. The van der Waals surface area contributed by atoms with Crippen molar-refractivity contribution in [2.24, 2.45) is 0 Å². The zero-order chi connectivity index (χ0) is 14.5. The molecule has 0 saturated carbocycles. The molecule has 20 heavy (non-hydrogen) atoms. The van der Waals surface area contributed by atoms with Crippen LogP contribution in [0.25, 0.3) is 11.3 Å². The number of carbonyl (C=O) groups is 1. The SMILES string of the molecule is COc1cccc(-c2c(C(=O)O)nnn2CCSC)c1. The molecule has 0 aliphatic rings. The first-order valence-corrected chi connectivity index (χ1v) is 7.37. The third-order valence-corrected chi connectivity index (χ3v) is 3.38. The number of rotatable bonds is 6. The van der Waals surface area contributed by atoms with Crippen LogP contribution in [0.2, 0.25) is 0 Å². The number of aryl methyl sites for hydroxylation is 1. The van der Waals surface area contributed by atoms with Crippen LogP contribution < -0.4 is 4.74 Å². The monoisotopic (exact) mass is 293 g/mol. The number of carboxylic acids is 1. The topological polar surface area (TPSA) is 77.2 Å². The van der Waals surface area contributed by atoms with Gasteiger partial charge >= 0.3 is 5.97 Å². The third kappa shape index (κ3) is 2.93. The molecule has 0 spiro atoms. The molecule has 1 aromatic heterocycles. The molecule has 2 aromatic rings. The van der Waals surface area contributed by atoms with Crippen LogP contribution in [0.4, 0.5) is 0 Å². The predicted octanol–water partition coefficient (Wildman–Crippen LogP) is 2.01. The van der Waals surface area contributed by atoms with Crippen molar-refractivity contribution in [2.75, 3.05) is 19.1 Å². The lowest BCUT2D eigenvalue weighted by Crippen LogP contribution is -2.06. The fourth-order valence-corrected chi connectivity index (χ4v) is 2.20. The van der Waals surface area contributed by atoms with Crippen LogP contribution >= 0.6 is 11.8 Å². The van der Waals surface area contributed by atoms with Crippen molar-refractivity contribution in [3.05, 3.63) is 30.0 Å². The molecule has 7 heteroatoms. The van der Waals surface area contributed by atoms with E-state index in [0.717, 1.165) is 11.3 Å². The van der Waals surface area contributed by atoms with Crippen molar-refractivity contribution in [3.63, 3.8) is 0 Å². The van der Waals surface area contributed by atoms with Crippen LogP contribution in [-0.2, 0) is 6.54 Å². The van der Waals surface area contributed by atoms with Crippen molar-refractivity contribution in [1.29, 1.82) is 0 Å². The summed E-state index contributed by atoms with van der Waals surface area (Å²) in [5.74, 6) is 0.411. The second kappa shape index (κ2) is 6.42. The average molecular weight is 293 g/mol. The van der Waals surface area contributed by atoms with Crippen LogP contribution in [0, 0.1) is 0 Å². The number of hydrogen-bond donors (Lipinski definition) is 1. The van der Waals surface area contributed by atoms with Crippen molar-refractivity contribution < 1.29 is 14.6 Å². The Bertz CT molecular complexity index is 613. The summed E-state index contributed by atoms with van der Waals surface area (Å²) in [7, 11) is 1.57. The molecule has 0 unspecified atom stereocenters. The number of nitrogens with zero attached hydrogens (tertiary/aromatic N) is 3. The minimum absolute atomic E-state index is 0.0423. The van der Waals surface area contributed by atoms with E-state index >= 15 is 0 Å². The molecule has 0 saturated heterocycles. The normalized spacial score (nSPS) is 10.5. The smallest absolute Gasteiger partial charge is 0.358 e. The van der Waals surface area contributed by atoms with Crippen LogP contribution in [0.15, 0.2) is 24.3 Å². The van der Waals surface area contributed by atoms with Crippen molar-refractivity contribution in [2.45, 2.75) is 6.54 Å². The molecule has 0 aliphatic heterocycles. The maximum Gasteiger partial charge on any atom is 0.358 e. The molecular formula is C13H15N3O3S. The summed E-state index contributed by atoms with van der Waals surface area (Å²) in [4.78, 5) is 11.3. The Balaban J connectivity index is 2.50. The minimum atomic E-state index is -1.08. The number of thioether (sulfide) groups is 1.